The zero-order valence-electron chi connectivity index (χ0n) is 13.7. The summed E-state index contributed by atoms with van der Waals surface area (Å²) < 4.78 is 4.98. The van der Waals surface area contributed by atoms with E-state index in [1.165, 1.54) is 25.3 Å². The summed E-state index contributed by atoms with van der Waals surface area (Å²) in [7, 11) is 1.37. The second kappa shape index (κ2) is 6.64. The van der Waals surface area contributed by atoms with Crippen LogP contribution in [-0.4, -0.2) is 38.5 Å². The number of benzene rings is 2. The maximum Gasteiger partial charge on any atom is 0.339 e. The van der Waals surface area contributed by atoms with E-state index >= 15 is 0 Å². The van der Waals surface area contributed by atoms with Crippen LogP contribution in [0.25, 0.3) is 23.1 Å². The van der Waals surface area contributed by atoms with E-state index in [0.29, 0.717) is 16.6 Å². The van der Waals surface area contributed by atoms with E-state index in [9.17, 15) is 20.1 Å². The topological polar surface area (TPSA) is 120 Å². The zero-order chi connectivity index (χ0) is 18.8. The van der Waals surface area contributed by atoms with Gasteiger partial charge in [0.1, 0.15) is 11.1 Å². The first-order valence-corrected chi connectivity index (χ1v) is 7.54. The molecule has 0 unspecified atom stereocenters. The Bertz CT molecular complexity index is 1040. The second-order valence-electron chi connectivity index (χ2n) is 5.50. The number of rotatable bonds is 4. The van der Waals surface area contributed by atoms with Crippen molar-refractivity contribution in [1.82, 2.24) is 4.98 Å². The molecule has 0 bridgehead atoms. The Morgan fingerprint density at radius 3 is 2.46 bits per heavy atom. The fraction of sp³-hybridized carbons (Fsp3) is 0.0526. The molecular weight excluding hydrogens is 338 g/mol. The maximum absolute atomic E-state index is 11.1. The third kappa shape index (κ3) is 3.10. The number of hydrogen-bond donors (Lipinski definition) is 4. The molecule has 0 aliphatic heterocycles. The first-order valence-electron chi connectivity index (χ1n) is 7.54. The lowest BCUT2D eigenvalue weighted by atomic mass is 10.1. The molecule has 7 nitrogen and oxygen atoms in total. The molecule has 0 spiro atoms. The molecule has 0 aliphatic rings. The van der Waals surface area contributed by atoms with Crippen molar-refractivity contribution >= 4 is 29.0 Å². The van der Waals surface area contributed by atoms with Crippen LogP contribution in [0.1, 0.15) is 21.6 Å². The van der Waals surface area contributed by atoms with Crippen molar-refractivity contribution in [3.05, 3.63) is 53.2 Å². The van der Waals surface area contributed by atoms with Crippen LogP contribution in [0, 0.1) is 0 Å². The quantitative estimate of drug-likeness (QED) is 0.531. The van der Waals surface area contributed by atoms with Crippen molar-refractivity contribution in [1.29, 1.82) is 0 Å². The Morgan fingerprint density at radius 1 is 1.04 bits per heavy atom. The summed E-state index contributed by atoms with van der Waals surface area (Å²) in [5.41, 5.74) is 0.988. The molecule has 1 heterocycles. The average Bonchev–Trinajstić information content (AvgIpc) is 2.62. The van der Waals surface area contributed by atoms with Crippen molar-refractivity contribution in [2.45, 2.75) is 0 Å². The molecule has 26 heavy (non-hydrogen) atoms. The summed E-state index contributed by atoms with van der Waals surface area (Å²) in [6.07, 6.45) is 3.26. The number of hydrogen-bond acceptors (Lipinski definition) is 6. The molecule has 0 amide bonds. The highest BCUT2D eigenvalue weighted by molar-refractivity contribution is 5.99. The minimum atomic E-state index is -1.24. The molecule has 7 heteroatoms. The molecule has 0 aliphatic carbocycles. The number of carboxylic acid groups (broad SMARTS) is 1. The number of pyridine rings is 1. The number of ether oxygens (including phenoxy) is 1. The van der Waals surface area contributed by atoms with Crippen LogP contribution in [0.2, 0.25) is 0 Å². The van der Waals surface area contributed by atoms with Gasteiger partial charge in [-0.05, 0) is 35.9 Å². The van der Waals surface area contributed by atoms with Crippen LogP contribution < -0.4 is 4.74 Å². The number of phenols is 3. The first-order chi connectivity index (χ1) is 12.4. The highest BCUT2D eigenvalue weighted by Gasteiger charge is 2.13. The lowest BCUT2D eigenvalue weighted by Gasteiger charge is -2.07. The van der Waals surface area contributed by atoms with Crippen molar-refractivity contribution in [3.63, 3.8) is 0 Å². The first kappa shape index (κ1) is 17.1. The standard InChI is InChI=1S/C19H15NO6/c1-26-15-9-10(8-14(21)18(15)23)2-5-12-6-3-11-4-7-13(19(24)25)17(22)16(11)20-12/h2-9,21-23H,1H3,(H,24,25)/b5-2-. The van der Waals surface area contributed by atoms with Crippen LogP contribution in [0.15, 0.2) is 36.4 Å². The summed E-state index contributed by atoms with van der Waals surface area (Å²) in [6, 6.07) is 9.20. The van der Waals surface area contributed by atoms with Crippen molar-refractivity contribution in [2.75, 3.05) is 7.11 Å². The summed E-state index contributed by atoms with van der Waals surface area (Å²) in [6.45, 7) is 0. The number of carbonyl (C=O) groups is 1. The van der Waals surface area contributed by atoms with E-state index in [1.807, 2.05) is 0 Å². The van der Waals surface area contributed by atoms with Gasteiger partial charge in [0.05, 0.1) is 12.8 Å². The lowest BCUT2D eigenvalue weighted by Crippen LogP contribution is -1.97. The second-order valence-corrected chi connectivity index (χ2v) is 5.50. The Labute approximate surface area is 148 Å². The number of nitrogens with zero attached hydrogens (tertiary/aromatic N) is 1. The fourth-order valence-electron chi connectivity index (χ4n) is 2.50. The predicted molar refractivity (Wildman–Crippen MR) is 95.6 cm³/mol. The van der Waals surface area contributed by atoms with E-state index in [-0.39, 0.29) is 28.3 Å². The SMILES string of the molecule is COc1cc(/C=C\c2ccc3ccc(C(=O)O)c(O)c3n2)cc(O)c1O. The molecule has 0 saturated carbocycles. The van der Waals surface area contributed by atoms with Gasteiger partial charge in [0.2, 0.25) is 5.75 Å². The van der Waals surface area contributed by atoms with Gasteiger partial charge >= 0.3 is 5.97 Å². The lowest BCUT2D eigenvalue weighted by molar-refractivity contribution is 0.0694. The monoisotopic (exact) mass is 353 g/mol. The molecule has 0 fully saturated rings. The van der Waals surface area contributed by atoms with Crippen LogP contribution in [0.4, 0.5) is 0 Å². The molecule has 132 valence electrons. The third-order valence-corrected chi connectivity index (χ3v) is 3.83. The maximum atomic E-state index is 11.1. The van der Waals surface area contributed by atoms with Crippen molar-refractivity contribution < 1.29 is 30.0 Å². The Hall–Kier alpha value is -3.74. The minimum absolute atomic E-state index is 0.125. The van der Waals surface area contributed by atoms with E-state index in [2.05, 4.69) is 4.98 Å². The number of phenolic OH excluding ortho intramolecular Hbond substituents is 2. The molecule has 0 saturated heterocycles. The van der Waals surface area contributed by atoms with E-state index in [4.69, 9.17) is 9.84 Å². The van der Waals surface area contributed by atoms with E-state index in [1.54, 1.807) is 30.4 Å². The minimum Gasteiger partial charge on any atom is -0.505 e. The fourth-order valence-corrected chi connectivity index (χ4v) is 2.50. The molecule has 3 rings (SSSR count). The molecule has 1 aromatic heterocycles. The smallest absolute Gasteiger partial charge is 0.339 e. The van der Waals surface area contributed by atoms with Crippen molar-refractivity contribution in [2.24, 2.45) is 0 Å². The molecule has 3 aromatic rings. The van der Waals surface area contributed by atoms with Gasteiger partial charge < -0.3 is 25.2 Å². The van der Waals surface area contributed by atoms with Gasteiger partial charge in [-0.2, -0.15) is 0 Å². The van der Waals surface area contributed by atoms with Crippen molar-refractivity contribution in [3.8, 4) is 23.0 Å². The number of aromatic nitrogens is 1. The summed E-state index contributed by atoms with van der Waals surface area (Å²) in [5.74, 6) is -2.17. The normalized spacial score (nSPS) is 11.1. The Morgan fingerprint density at radius 2 is 1.77 bits per heavy atom. The molecule has 2 aromatic carbocycles. The van der Waals surface area contributed by atoms with Crippen LogP contribution >= 0.6 is 0 Å². The van der Waals surface area contributed by atoms with E-state index < -0.39 is 11.7 Å². The highest BCUT2D eigenvalue weighted by Crippen LogP contribution is 2.36. The predicted octanol–water partition coefficient (Wildman–Crippen LogP) is 3.23. The number of carboxylic acids is 1. The van der Waals surface area contributed by atoms with Gasteiger partial charge in [0, 0.05) is 5.39 Å². The average molecular weight is 353 g/mol. The van der Waals surface area contributed by atoms with Crippen LogP contribution in [0.3, 0.4) is 0 Å². The third-order valence-electron chi connectivity index (χ3n) is 3.83. The number of aromatic carboxylic acids is 1. The van der Waals surface area contributed by atoms with Crippen LogP contribution in [0.5, 0.6) is 23.0 Å². The zero-order valence-corrected chi connectivity index (χ0v) is 13.7. The summed E-state index contributed by atoms with van der Waals surface area (Å²) in [4.78, 5) is 15.4. The molecular formula is C19H15NO6. The van der Waals surface area contributed by atoms with Gasteiger partial charge in [-0.1, -0.05) is 18.2 Å². The van der Waals surface area contributed by atoms with Gasteiger partial charge in [-0.25, -0.2) is 9.78 Å². The Balaban J connectivity index is 2.01. The van der Waals surface area contributed by atoms with Gasteiger partial charge in [-0.15, -0.1) is 0 Å². The number of aromatic hydroxyl groups is 3. The van der Waals surface area contributed by atoms with Crippen LogP contribution in [-0.2, 0) is 0 Å². The highest BCUT2D eigenvalue weighted by atomic mass is 16.5. The number of methoxy groups -OCH3 is 1. The molecule has 0 atom stereocenters. The van der Waals surface area contributed by atoms with Gasteiger partial charge in [0.25, 0.3) is 0 Å². The molecule has 4 N–H and O–H groups in total. The number of fused-ring (bicyclic) bond motifs is 1. The van der Waals surface area contributed by atoms with Gasteiger partial charge in [0.15, 0.2) is 17.2 Å². The summed E-state index contributed by atoms with van der Waals surface area (Å²) >= 11 is 0. The largest absolute Gasteiger partial charge is 0.505 e. The van der Waals surface area contributed by atoms with E-state index in [0.717, 1.165) is 0 Å². The molecule has 0 radical (unpaired) electrons. The summed E-state index contributed by atoms with van der Waals surface area (Å²) in [5, 5.41) is 39.2. The van der Waals surface area contributed by atoms with Gasteiger partial charge in [-0.3, -0.25) is 0 Å². The Kier molecular flexibility index (Phi) is 4.36.